The predicted octanol–water partition coefficient (Wildman–Crippen LogP) is 6.17. The van der Waals surface area contributed by atoms with E-state index in [0.717, 1.165) is 32.1 Å². The van der Waals surface area contributed by atoms with Crippen molar-refractivity contribution < 1.29 is 14.6 Å². The largest absolute Gasteiger partial charge is 0.481 e. The molecule has 0 spiro atoms. The molecule has 144 valence electrons. The zero-order valence-electron chi connectivity index (χ0n) is 16.2. The van der Waals surface area contributed by atoms with Crippen LogP contribution in [-0.2, 0) is 9.53 Å². The van der Waals surface area contributed by atoms with Crippen LogP contribution in [0.5, 0.6) is 0 Å². The number of hydrogen-bond acceptors (Lipinski definition) is 2. The van der Waals surface area contributed by atoms with Crippen LogP contribution in [0.3, 0.4) is 0 Å². The van der Waals surface area contributed by atoms with E-state index in [-0.39, 0.29) is 12.5 Å². The van der Waals surface area contributed by atoms with E-state index >= 15 is 0 Å². The summed E-state index contributed by atoms with van der Waals surface area (Å²) in [6, 6.07) is 0. The quantitative estimate of drug-likeness (QED) is 0.281. The second-order valence-corrected chi connectivity index (χ2v) is 5.76. The summed E-state index contributed by atoms with van der Waals surface area (Å²) in [6.45, 7) is 2.14. The summed E-state index contributed by atoms with van der Waals surface area (Å²) in [6.07, 6.45) is 30.7. The van der Waals surface area contributed by atoms with Gasteiger partial charge in [0.15, 0.2) is 0 Å². The molecule has 3 nitrogen and oxygen atoms in total. The van der Waals surface area contributed by atoms with Crippen LogP contribution < -0.4 is 0 Å². The molecule has 0 rings (SSSR count). The van der Waals surface area contributed by atoms with E-state index in [1.54, 1.807) is 7.11 Å². The lowest BCUT2D eigenvalue weighted by molar-refractivity contribution is -0.137. The number of hydrogen-bond donors (Lipinski definition) is 1. The smallest absolute Gasteiger partial charge is 0.303 e. The highest BCUT2D eigenvalue weighted by atomic mass is 16.5. The predicted molar refractivity (Wildman–Crippen MR) is 111 cm³/mol. The van der Waals surface area contributed by atoms with E-state index in [1.165, 1.54) is 0 Å². The first-order valence-corrected chi connectivity index (χ1v) is 9.38. The summed E-state index contributed by atoms with van der Waals surface area (Å²) in [5.74, 6) is -0.796. The second kappa shape index (κ2) is 19.2. The van der Waals surface area contributed by atoms with Gasteiger partial charge in [-0.2, -0.15) is 0 Å². The maximum Gasteiger partial charge on any atom is 0.303 e. The van der Waals surface area contributed by atoms with Gasteiger partial charge in [-0.3, -0.25) is 4.79 Å². The number of aliphatic carboxylic acids is 1. The number of rotatable bonds is 15. The molecule has 0 aromatic heterocycles. The van der Waals surface area contributed by atoms with Gasteiger partial charge in [0.2, 0.25) is 0 Å². The lowest BCUT2D eigenvalue weighted by Gasteiger charge is -2.07. The Hall–Kier alpha value is -2.13. The number of allylic oxidation sites excluding steroid dienone is 11. The van der Waals surface area contributed by atoms with Crippen molar-refractivity contribution in [1.82, 2.24) is 0 Å². The Bertz CT molecular complexity index is 508. The Balaban J connectivity index is 3.77. The second-order valence-electron chi connectivity index (χ2n) is 5.76. The molecule has 0 saturated heterocycles. The Morgan fingerprint density at radius 3 is 1.81 bits per heavy atom. The zero-order valence-corrected chi connectivity index (χ0v) is 16.2. The van der Waals surface area contributed by atoms with Crippen molar-refractivity contribution in [3.05, 3.63) is 72.9 Å². The van der Waals surface area contributed by atoms with Crippen molar-refractivity contribution in [3.8, 4) is 0 Å². The average molecular weight is 359 g/mol. The van der Waals surface area contributed by atoms with E-state index in [1.807, 2.05) is 18.2 Å². The summed E-state index contributed by atoms with van der Waals surface area (Å²) in [5.41, 5.74) is 0. The molecule has 0 radical (unpaired) electrons. The summed E-state index contributed by atoms with van der Waals surface area (Å²) in [4.78, 5) is 10.5. The van der Waals surface area contributed by atoms with Crippen LogP contribution >= 0.6 is 0 Å². The fraction of sp³-hybridized carbons (Fsp3) is 0.435. The Morgan fingerprint density at radius 1 is 0.846 bits per heavy atom. The van der Waals surface area contributed by atoms with E-state index in [2.05, 4.69) is 61.6 Å². The van der Waals surface area contributed by atoms with Gasteiger partial charge < -0.3 is 9.84 Å². The molecule has 0 aromatic carbocycles. The van der Waals surface area contributed by atoms with Crippen LogP contribution in [0.15, 0.2) is 72.9 Å². The van der Waals surface area contributed by atoms with Crippen LogP contribution in [0.1, 0.15) is 51.9 Å². The molecule has 0 amide bonds. The maximum absolute atomic E-state index is 10.5. The monoisotopic (exact) mass is 358 g/mol. The minimum atomic E-state index is -0.796. The van der Waals surface area contributed by atoms with Crippen molar-refractivity contribution in [3.63, 3.8) is 0 Å². The lowest BCUT2D eigenvalue weighted by atomic mass is 10.2. The first-order valence-electron chi connectivity index (χ1n) is 9.38. The number of methoxy groups -OCH3 is 1. The van der Waals surface area contributed by atoms with Crippen molar-refractivity contribution in [2.24, 2.45) is 0 Å². The van der Waals surface area contributed by atoms with Crippen molar-refractivity contribution in [2.45, 2.75) is 58.0 Å². The molecule has 3 heteroatoms. The third-order valence-electron chi connectivity index (χ3n) is 3.51. The highest BCUT2D eigenvalue weighted by Crippen LogP contribution is 2.03. The fourth-order valence-corrected chi connectivity index (χ4v) is 2.06. The molecule has 1 atom stereocenters. The minimum Gasteiger partial charge on any atom is -0.481 e. The SMILES string of the molecule is CC/C=C\C/C=C\C/C=C\C/C=C\C/C=C\C=C\C(CCC(=O)O)OC. The Kier molecular flexibility index (Phi) is 17.6. The number of ether oxygens (including phenoxy) is 1. The molecule has 0 aromatic rings. The standard InChI is InChI=1S/C23H34O3/c1-3-4-5-6-7-8-9-10-11-12-13-14-15-16-17-18-19-22(26-2)20-21-23(24)25/h4-5,7-8,10-11,13-14,16-19,22H,3,6,9,12,15,20-21H2,1-2H3,(H,24,25)/b5-4-,8-7-,11-10-,14-13-,17-16-,19-18+. The van der Waals surface area contributed by atoms with E-state index in [4.69, 9.17) is 9.84 Å². The number of carbonyl (C=O) groups is 1. The Morgan fingerprint density at radius 2 is 1.35 bits per heavy atom. The fourth-order valence-electron chi connectivity index (χ4n) is 2.06. The van der Waals surface area contributed by atoms with Crippen LogP contribution in [0.4, 0.5) is 0 Å². The Labute approximate surface area is 159 Å². The van der Waals surface area contributed by atoms with Gasteiger partial charge in [0, 0.05) is 13.5 Å². The third kappa shape index (κ3) is 18.2. The summed E-state index contributed by atoms with van der Waals surface area (Å²) >= 11 is 0. The van der Waals surface area contributed by atoms with Gasteiger partial charge in [-0.25, -0.2) is 0 Å². The van der Waals surface area contributed by atoms with Gasteiger partial charge >= 0.3 is 5.97 Å². The topological polar surface area (TPSA) is 46.5 Å². The van der Waals surface area contributed by atoms with E-state index in [9.17, 15) is 4.79 Å². The summed E-state index contributed by atoms with van der Waals surface area (Å²) in [5, 5.41) is 8.66. The molecule has 0 fully saturated rings. The van der Waals surface area contributed by atoms with Crippen LogP contribution in [0.25, 0.3) is 0 Å². The zero-order chi connectivity index (χ0) is 19.3. The molecule has 0 heterocycles. The molecule has 0 aliphatic heterocycles. The molecule has 0 aliphatic carbocycles. The number of carboxylic acids is 1. The normalized spacial score (nSPS) is 14.2. The van der Waals surface area contributed by atoms with Crippen molar-refractivity contribution >= 4 is 5.97 Å². The minimum absolute atomic E-state index is 0.120. The van der Waals surface area contributed by atoms with Crippen LogP contribution in [0.2, 0.25) is 0 Å². The summed E-state index contributed by atoms with van der Waals surface area (Å²) < 4.78 is 5.21. The highest BCUT2D eigenvalue weighted by Gasteiger charge is 2.05. The van der Waals surface area contributed by atoms with E-state index < -0.39 is 5.97 Å². The average Bonchev–Trinajstić information content (AvgIpc) is 2.63. The molecule has 0 saturated carbocycles. The van der Waals surface area contributed by atoms with Gasteiger partial charge in [-0.15, -0.1) is 0 Å². The van der Waals surface area contributed by atoms with Gasteiger partial charge in [0.1, 0.15) is 0 Å². The molecular formula is C23H34O3. The highest BCUT2D eigenvalue weighted by molar-refractivity contribution is 5.66. The molecule has 0 bridgehead atoms. The van der Waals surface area contributed by atoms with Gasteiger partial charge in [-0.1, -0.05) is 79.8 Å². The molecular weight excluding hydrogens is 324 g/mol. The molecule has 1 unspecified atom stereocenters. The number of carboxylic acid groups (broad SMARTS) is 1. The third-order valence-corrected chi connectivity index (χ3v) is 3.51. The van der Waals surface area contributed by atoms with Crippen LogP contribution in [0, 0.1) is 0 Å². The van der Waals surface area contributed by atoms with E-state index in [0.29, 0.717) is 6.42 Å². The maximum atomic E-state index is 10.5. The molecule has 0 aliphatic rings. The van der Waals surface area contributed by atoms with Crippen molar-refractivity contribution in [1.29, 1.82) is 0 Å². The van der Waals surface area contributed by atoms with Gasteiger partial charge in [0.25, 0.3) is 0 Å². The first-order chi connectivity index (χ1) is 12.7. The van der Waals surface area contributed by atoms with Crippen LogP contribution in [-0.4, -0.2) is 24.3 Å². The molecule has 26 heavy (non-hydrogen) atoms. The van der Waals surface area contributed by atoms with Gasteiger partial charge in [0.05, 0.1) is 6.10 Å². The first kappa shape index (κ1) is 23.9. The van der Waals surface area contributed by atoms with Gasteiger partial charge in [-0.05, 0) is 38.5 Å². The van der Waals surface area contributed by atoms with Crippen molar-refractivity contribution in [2.75, 3.05) is 7.11 Å². The lowest BCUT2D eigenvalue weighted by Crippen LogP contribution is -2.09. The summed E-state index contributed by atoms with van der Waals surface area (Å²) in [7, 11) is 1.59. The molecule has 1 N–H and O–H groups in total.